The van der Waals surface area contributed by atoms with Crippen LogP contribution in [-0.4, -0.2) is 21.9 Å². The summed E-state index contributed by atoms with van der Waals surface area (Å²) < 4.78 is 5.73. The van der Waals surface area contributed by atoms with Crippen molar-refractivity contribution in [3.8, 4) is 11.5 Å². The quantitative estimate of drug-likeness (QED) is 0.800. The Morgan fingerprint density at radius 1 is 1.29 bits per heavy atom. The van der Waals surface area contributed by atoms with Crippen molar-refractivity contribution in [2.45, 2.75) is 18.9 Å². The van der Waals surface area contributed by atoms with Crippen LogP contribution in [0.1, 0.15) is 23.2 Å². The average molecular weight is 279 g/mol. The maximum absolute atomic E-state index is 12.0. The van der Waals surface area contributed by atoms with Gasteiger partial charge in [-0.25, -0.2) is 4.98 Å². The van der Waals surface area contributed by atoms with Gasteiger partial charge in [-0.15, -0.1) is 0 Å². The second-order valence-electron chi connectivity index (χ2n) is 5.19. The molecule has 1 aliphatic rings. The fourth-order valence-electron chi connectivity index (χ4n) is 2.17. The van der Waals surface area contributed by atoms with E-state index in [1.54, 1.807) is 30.6 Å². The van der Waals surface area contributed by atoms with E-state index in [1.165, 1.54) is 0 Å². The van der Waals surface area contributed by atoms with Crippen molar-refractivity contribution in [3.05, 3.63) is 48.3 Å². The first-order valence-corrected chi connectivity index (χ1v) is 6.91. The monoisotopic (exact) mass is 279 g/mol. The molecule has 0 saturated heterocycles. The highest BCUT2D eigenvalue weighted by atomic mass is 16.3. The van der Waals surface area contributed by atoms with E-state index in [0.29, 0.717) is 23.1 Å². The van der Waals surface area contributed by atoms with E-state index in [2.05, 4.69) is 15.3 Å². The summed E-state index contributed by atoms with van der Waals surface area (Å²) in [4.78, 5) is 20.5. The van der Waals surface area contributed by atoms with E-state index < -0.39 is 0 Å². The highest BCUT2D eigenvalue weighted by Gasteiger charge is 2.24. The molecule has 2 heterocycles. The molecule has 1 fully saturated rings. The molecule has 5 heteroatoms. The van der Waals surface area contributed by atoms with Gasteiger partial charge in [-0.2, -0.15) is 0 Å². The fourth-order valence-corrected chi connectivity index (χ4v) is 2.17. The van der Waals surface area contributed by atoms with Crippen LogP contribution in [0.3, 0.4) is 0 Å². The molecule has 1 aromatic carbocycles. The summed E-state index contributed by atoms with van der Waals surface area (Å²) in [5, 5.41) is 2.96. The lowest BCUT2D eigenvalue weighted by Gasteiger charge is -2.01. The Kier molecular flexibility index (Phi) is 2.70. The first-order valence-electron chi connectivity index (χ1n) is 6.91. The van der Waals surface area contributed by atoms with Gasteiger partial charge in [0.1, 0.15) is 5.52 Å². The molecule has 0 radical (unpaired) electrons. The van der Waals surface area contributed by atoms with Crippen molar-refractivity contribution in [2.75, 3.05) is 0 Å². The normalized spacial score (nSPS) is 14.3. The maximum atomic E-state index is 12.0. The van der Waals surface area contributed by atoms with Crippen molar-refractivity contribution < 1.29 is 9.21 Å². The van der Waals surface area contributed by atoms with Crippen molar-refractivity contribution in [2.24, 2.45) is 0 Å². The predicted octanol–water partition coefficient (Wildman–Crippen LogP) is 2.78. The standard InChI is InChI=1S/C16H13N3O2/c20-15(18-12-4-5-12)10-3-6-13-14(8-10)21-16(19-13)11-2-1-7-17-9-11/h1-3,6-9,12H,4-5H2,(H,18,20). The fraction of sp³-hybridized carbons (Fsp3) is 0.188. The van der Waals surface area contributed by atoms with E-state index in [-0.39, 0.29) is 5.91 Å². The Balaban J connectivity index is 1.69. The molecule has 0 bridgehead atoms. The van der Waals surface area contributed by atoms with Crippen LogP contribution in [-0.2, 0) is 0 Å². The van der Waals surface area contributed by atoms with Crippen LogP contribution in [0.15, 0.2) is 47.1 Å². The van der Waals surface area contributed by atoms with Crippen LogP contribution in [0.5, 0.6) is 0 Å². The van der Waals surface area contributed by atoms with Crippen molar-refractivity contribution in [1.82, 2.24) is 15.3 Å². The summed E-state index contributed by atoms with van der Waals surface area (Å²) in [5.41, 5.74) is 2.76. The van der Waals surface area contributed by atoms with Gasteiger partial charge >= 0.3 is 0 Å². The third-order valence-electron chi connectivity index (χ3n) is 3.47. The predicted molar refractivity (Wildman–Crippen MR) is 77.7 cm³/mol. The Morgan fingerprint density at radius 2 is 2.19 bits per heavy atom. The lowest BCUT2D eigenvalue weighted by molar-refractivity contribution is 0.0951. The van der Waals surface area contributed by atoms with Gasteiger partial charge in [-0.3, -0.25) is 9.78 Å². The number of pyridine rings is 1. The molecular weight excluding hydrogens is 266 g/mol. The number of amides is 1. The summed E-state index contributed by atoms with van der Waals surface area (Å²) >= 11 is 0. The first-order chi connectivity index (χ1) is 10.3. The number of oxazole rings is 1. The number of hydrogen-bond acceptors (Lipinski definition) is 4. The van der Waals surface area contributed by atoms with E-state index in [0.717, 1.165) is 23.9 Å². The van der Waals surface area contributed by atoms with E-state index in [9.17, 15) is 4.79 Å². The van der Waals surface area contributed by atoms with Gasteiger partial charge in [-0.05, 0) is 43.2 Å². The number of nitrogens with one attached hydrogen (secondary N) is 1. The molecule has 3 aromatic rings. The Hall–Kier alpha value is -2.69. The summed E-state index contributed by atoms with van der Waals surface area (Å²) in [6.45, 7) is 0. The Morgan fingerprint density at radius 3 is 2.95 bits per heavy atom. The first kappa shape index (κ1) is 12.1. The Labute approximate surface area is 121 Å². The van der Waals surface area contributed by atoms with Crippen LogP contribution in [0, 0.1) is 0 Å². The summed E-state index contributed by atoms with van der Waals surface area (Å²) in [7, 11) is 0. The molecule has 1 amide bonds. The van der Waals surface area contributed by atoms with Crippen molar-refractivity contribution in [3.63, 3.8) is 0 Å². The number of rotatable bonds is 3. The largest absolute Gasteiger partial charge is 0.436 e. The molecule has 5 nitrogen and oxygen atoms in total. The second-order valence-corrected chi connectivity index (χ2v) is 5.19. The zero-order chi connectivity index (χ0) is 14.2. The van der Waals surface area contributed by atoms with E-state index in [1.807, 2.05) is 12.1 Å². The maximum Gasteiger partial charge on any atom is 0.251 e. The van der Waals surface area contributed by atoms with Crippen LogP contribution in [0.2, 0.25) is 0 Å². The summed E-state index contributed by atoms with van der Waals surface area (Å²) in [5.74, 6) is 0.455. The smallest absolute Gasteiger partial charge is 0.251 e. The number of hydrogen-bond donors (Lipinski definition) is 1. The highest BCUT2D eigenvalue weighted by molar-refractivity contribution is 5.97. The minimum atomic E-state index is -0.0567. The van der Waals surface area contributed by atoms with Crippen LogP contribution in [0.25, 0.3) is 22.6 Å². The van der Waals surface area contributed by atoms with E-state index in [4.69, 9.17) is 4.42 Å². The number of fused-ring (bicyclic) bond motifs is 1. The van der Waals surface area contributed by atoms with E-state index >= 15 is 0 Å². The van der Waals surface area contributed by atoms with Gasteiger partial charge in [0.15, 0.2) is 5.58 Å². The minimum Gasteiger partial charge on any atom is -0.436 e. The van der Waals surface area contributed by atoms with Gasteiger partial charge in [-0.1, -0.05) is 0 Å². The molecule has 21 heavy (non-hydrogen) atoms. The van der Waals surface area contributed by atoms with Crippen molar-refractivity contribution >= 4 is 17.0 Å². The van der Waals surface area contributed by atoms with Crippen LogP contribution >= 0.6 is 0 Å². The Bertz CT molecular complexity index is 807. The summed E-state index contributed by atoms with van der Waals surface area (Å²) in [6.07, 6.45) is 5.54. The lowest BCUT2D eigenvalue weighted by Crippen LogP contribution is -2.25. The molecule has 0 aliphatic heterocycles. The number of nitrogens with zero attached hydrogens (tertiary/aromatic N) is 2. The average Bonchev–Trinajstić information content (AvgIpc) is 3.23. The number of carbonyl (C=O) groups excluding carboxylic acids is 1. The van der Waals surface area contributed by atoms with Gasteiger partial charge in [0, 0.05) is 24.0 Å². The molecule has 1 N–H and O–H groups in total. The SMILES string of the molecule is O=C(NC1CC1)c1ccc2nc(-c3cccnc3)oc2c1. The molecule has 0 atom stereocenters. The third kappa shape index (κ3) is 2.38. The van der Waals surface area contributed by atoms with Crippen LogP contribution in [0.4, 0.5) is 0 Å². The van der Waals surface area contributed by atoms with Gasteiger partial charge < -0.3 is 9.73 Å². The van der Waals surface area contributed by atoms with Gasteiger partial charge in [0.2, 0.25) is 5.89 Å². The molecule has 1 saturated carbocycles. The molecular formula is C16H13N3O2. The van der Waals surface area contributed by atoms with Gasteiger partial charge in [0.05, 0.1) is 5.56 Å². The zero-order valence-corrected chi connectivity index (χ0v) is 11.2. The highest BCUT2D eigenvalue weighted by Crippen LogP contribution is 2.25. The topological polar surface area (TPSA) is 68.0 Å². The van der Waals surface area contributed by atoms with Gasteiger partial charge in [0.25, 0.3) is 5.91 Å². The third-order valence-corrected chi connectivity index (χ3v) is 3.47. The van der Waals surface area contributed by atoms with Crippen molar-refractivity contribution in [1.29, 1.82) is 0 Å². The molecule has 104 valence electrons. The molecule has 1 aliphatic carbocycles. The molecule has 0 unspecified atom stereocenters. The number of aromatic nitrogens is 2. The molecule has 0 spiro atoms. The lowest BCUT2D eigenvalue weighted by atomic mass is 10.2. The number of benzene rings is 1. The minimum absolute atomic E-state index is 0.0567. The second kappa shape index (κ2) is 4.70. The van der Waals surface area contributed by atoms with Crippen LogP contribution < -0.4 is 5.32 Å². The number of carbonyl (C=O) groups is 1. The molecule has 4 rings (SSSR count). The zero-order valence-electron chi connectivity index (χ0n) is 11.2. The molecule has 2 aromatic heterocycles. The summed E-state index contributed by atoms with van der Waals surface area (Å²) in [6, 6.07) is 9.38.